The number of aromatic hydroxyl groups is 1. The predicted octanol–water partition coefficient (Wildman–Crippen LogP) is 5.05. The number of hydrogen-bond donors (Lipinski definition) is 2. The molecule has 6 heteroatoms. The Balaban J connectivity index is 1.59. The smallest absolute Gasteiger partial charge is 0.233 e. The summed E-state index contributed by atoms with van der Waals surface area (Å²) in [5.41, 5.74) is 5.06. The van der Waals surface area contributed by atoms with E-state index in [0.717, 1.165) is 39.4 Å². The number of fused-ring (bicyclic) bond motifs is 1. The van der Waals surface area contributed by atoms with Crippen LogP contribution in [-0.2, 0) is 4.79 Å². The highest BCUT2D eigenvalue weighted by molar-refractivity contribution is 6.01. The summed E-state index contributed by atoms with van der Waals surface area (Å²) >= 11 is 0. The van der Waals surface area contributed by atoms with Crippen LogP contribution in [0.5, 0.6) is 11.5 Å². The number of anilines is 1. The van der Waals surface area contributed by atoms with E-state index >= 15 is 0 Å². The van der Waals surface area contributed by atoms with Gasteiger partial charge in [0.1, 0.15) is 11.5 Å². The molecule has 6 nitrogen and oxygen atoms in total. The molecule has 1 aromatic heterocycles. The van der Waals surface area contributed by atoms with Crippen LogP contribution < -0.4 is 10.1 Å². The summed E-state index contributed by atoms with van der Waals surface area (Å²) in [5.74, 6) is 1.34. The molecule has 2 aromatic carbocycles. The van der Waals surface area contributed by atoms with Gasteiger partial charge in [-0.1, -0.05) is 35.5 Å². The van der Waals surface area contributed by atoms with E-state index in [1.54, 1.807) is 12.1 Å². The first-order chi connectivity index (χ1) is 15.1. The molecule has 0 saturated carbocycles. The first-order valence-electron chi connectivity index (χ1n) is 10.6. The number of phenols is 1. The van der Waals surface area contributed by atoms with Gasteiger partial charge in [-0.3, -0.25) is 4.79 Å². The molecule has 3 aromatic rings. The molecule has 1 aliphatic carbocycles. The molecule has 0 radical (unpaired) electrons. The van der Waals surface area contributed by atoms with E-state index in [-0.39, 0.29) is 23.4 Å². The lowest BCUT2D eigenvalue weighted by molar-refractivity contribution is -0.116. The summed E-state index contributed by atoms with van der Waals surface area (Å²) in [6.07, 6.45) is 0.969. The van der Waals surface area contributed by atoms with Crippen molar-refractivity contribution in [2.45, 2.75) is 38.5 Å². The van der Waals surface area contributed by atoms with Crippen molar-refractivity contribution < 1.29 is 19.2 Å². The number of hydrogen-bond acceptors (Lipinski definition) is 6. The third-order valence-corrected chi connectivity index (χ3v) is 6.16. The lowest BCUT2D eigenvalue weighted by atomic mass is 9.72. The summed E-state index contributed by atoms with van der Waals surface area (Å²) < 4.78 is 11.2. The van der Waals surface area contributed by atoms with E-state index in [9.17, 15) is 9.90 Å². The topological polar surface area (TPSA) is 84.6 Å². The Kier molecular flexibility index (Phi) is 4.77. The maximum Gasteiger partial charge on any atom is 0.233 e. The van der Waals surface area contributed by atoms with Gasteiger partial charge in [0.2, 0.25) is 5.88 Å². The van der Waals surface area contributed by atoms with Crippen LogP contribution in [0.2, 0.25) is 0 Å². The summed E-state index contributed by atoms with van der Waals surface area (Å²) in [6, 6.07) is 15.1. The maximum absolute atomic E-state index is 13.5. The van der Waals surface area contributed by atoms with E-state index in [4.69, 9.17) is 9.26 Å². The zero-order valence-corrected chi connectivity index (χ0v) is 17.5. The summed E-state index contributed by atoms with van der Waals surface area (Å²) in [7, 11) is 0. The zero-order chi connectivity index (χ0) is 21.5. The quantitative estimate of drug-likeness (QED) is 0.619. The zero-order valence-electron chi connectivity index (χ0n) is 17.5. The second-order valence-electron chi connectivity index (χ2n) is 8.05. The van der Waals surface area contributed by atoms with Crippen molar-refractivity contribution in [2.24, 2.45) is 0 Å². The molecule has 0 saturated heterocycles. The molecule has 2 atom stereocenters. The van der Waals surface area contributed by atoms with Crippen molar-refractivity contribution in [1.29, 1.82) is 0 Å². The third kappa shape index (κ3) is 3.28. The number of benzene rings is 2. The Hall–Kier alpha value is -3.54. The SMILES string of the molecule is CCOc1ccc(C2C3=C(CC(c4ccccc4O)CC3=O)Nc3onc(C)c32)cc1. The van der Waals surface area contributed by atoms with Gasteiger partial charge in [-0.15, -0.1) is 0 Å². The van der Waals surface area contributed by atoms with E-state index in [1.807, 2.05) is 50.2 Å². The highest BCUT2D eigenvalue weighted by Gasteiger charge is 2.41. The van der Waals surface area contributed by atoms with Crippen LogP contribution in [0.3, 0.4) is 0 Å². The molecule has 31 heavy (non-hydrogen) atoms. The van der Waals surface area contributed by atoms with Crippen molar-refractivity contribution in [1.82, 2.24) is 5.16 Å². The Morgan fingerprint density at radius 2 is 1.94 bits per heavy atom. The third-order valence-electron chi connectivity index (χ3n) is 6.16. The fourth-order valence-corrected chi connectivity index (χ4v) is 4.78. The Bertz CT molecular complexity index is 1180. The highest BCUT2D eigenvalue weighted by atomic mass is 16.5. The molecule has 2 N–H and O–H groups in total. The van der Waals surface area contributed by atoms with Gasteiger partial charge >= 0.3 is 0 Å². The van der Waals surface area contributed by atoms with Crippen molar-refractivity contribution in [2.75, 3.05) is 11.9 Å². The normalized spacial score (nSPS) is 20.1. The number of rotatable bonds is 4. The molecule has 1 aliphatic heterocycles. The first-order valence-corrected chi connectivity index (χ1v) is 10.6. The van der Waals surface area contributed by atoms with Crippen LogP contribution in [0.4, 0.5) is 5.88 Å². The van der Waals surface area contributed by atoms with Crippen LogP contribution in [0.1, 0.15) is 54.0 Å². The molecular formula is C25H24N2O4. The molecule has 2 aliphatic rings. The van der Waals surface area contributed by atoms with Crippen LogP contribution in [0, 0.1) is 6.92 Å². The second-order valence-corrected chi connectivity index (χ2v) is 8.05. The molecular weight excluding hydrogens is 392 g/mol. The maximum atomic E-state index is 13.5. The minimum atomic E-state index is -0.244. The number of phenolic OH excluding ortho intramolecular Hbond substituents is 1. The van der Waals surface area contributed by atoms with Crippen LogP contribution >= 0.6 is 0 Å². The molecule has 2 heterocycles. The number of para-hydroxylation sites is 1. The van der Waals surface area contributed by atoms with Crippen molar-refractivity contribution >= 4 is 11.7 Å². The van der Waals surface area contributed by atoms with Gasteiger partial charge in [0.05, 0.1) is 17.9 Å². The molecule has 0 amide bonds. The van der Waals surface area contributed by atoms with Gasteiger partial charge in [-0.25, -0.2) is 0 Å². The Morgan fingerprint density at radius 1 is 1.16 bits per heavy atom. The second kappa shape index (κ2) is 7.61. The van der Waals surface area contributed by atoms with Gasteiger partial charge in [0.15, 0.2) is 5.78 Å². The monoisotopic (exact) mass is 416 g/mol. The largest absolute Gasteiger partial charge is 0.508 e. The lowest BCUT2D eigenvalue weighted by Gasteiger charge is -2.34. The summed E-state index contributed by atoms with van der Waals surface area (Å²) in [6.45, 7) is 4.45. The highest BCUT2D eigenvalue weighted by Crippen LogP contribution is 2.49. The van der Waals surface area contributed by atoms with Crippen LogP contribution in [0.25, 0.3) is 0 Å². The van der Waals surface area contributed by atoms with Gasteiger partial charge < -0.3 is 19.7 Å². The minimum Gasteiger partial charge on any atom is -0.508 e. The van der Waals surface area contributed by atoms with Crippen LogP contribution in [-0.4, -0.2) is 22.7 Å². The number of ether oxygens (including phenoxy) is 1. The number of carbonyl (C=O) groups is 1. The fraction of sp³-hybridized carbons (Fsp3) is 0.280. The summed E-state index contributed by atoms with van der Waals surface area (Å²) in [5, 5.41) is 17.8. The fourth-order valence-electron chi connectivity index (χ4n) is 4.78. The van der Waals surface area contributed by atoms with Crippen molar-refractivity contribution in [3.63, 3.8) is 0 Å². The van der Waals surface area contributed by atoms with Gasteiger partial charge in [0, 0.05) is 29.5 Å². The number of aryl methyl sites for hydroxylation is 1. The van der Waals surface area contributed by atoms with E-state index in [0.29, 0.717) is 25.3 Å². The molecule has 0 spiro atoms. The Morgan fingerprint density at radius 3 is 2.68 bits per heavy atom. The molecule has 5 rings (SSSR count). The number of Topliss-reactive ketones (excluding diaryl/α,β-unsaturated/α-hetero) is 1. The van der Waals surface area contributed by atoms with Crippen LogP contribution in [0.15, 0.2) is 64.3 Å². The summed E-state index contributed by atoms with van der Waals surface area (Å²) in [4.78, 5) is 13.5. The standard InChI is InChI=1S/C25H24N2O4/c1-3-30-17-10-8-15(9-11-17)23-22-14(2)27-31-25(22)26-19-12-16(13-21(29)24(19)23)18-6-4-5-7-20(18)28/h4-11,16,23,26,28H,3,12-13H2,1-2H3. The number of nitrogens with one attached hydrogen (secondary N) is 1. The molecule has 158 valence electrons. The average Bonchev–Trinajstić information content (AvgIpc) is 3.14. The average molecular weight is 416 g/mol. The van der Waals surface area contributed by atoms with E-state index < -0.39 is 0 Å². The number of nitrogens with zero attached hydrogens (tertiary/aromatic N) is 1. The van der Waals surface area contributed by atoms with Gasteiger partial charge in [-0.05, 0) is 49.6 Å². The number of ketones is 1. The molecule has 0 fully saturated rings. The predicted molar refractivity (Wildman–Crippen MR) is 116 cm³/mol. The first kappa shape index (κ1) is 19.4. The van der Waals surface area contributed by atoms with Gasteiger partial charge in [0.25, 0.3) is 0 Å². The van der Waals surface area contributed by atoms with Crippen molar-refractivity contribution in [3.8, 4) is 11.5 Å². The van der Waals surface area contributed by atoms with E-state index in [2.05, 4.69) is 10.5 Å². The molecule has 0 bridgehead atoms. The van der Waals surface area contributed by atoms with Gasteiger partial charge in [-0.2, -0.15) is 0 Å². The number of allylic oxidation sites excluding steroid dienone is 2. The van der Waals surface area contributed by atoms with Crippen molar-refractivity contribution in [3.05, 3.63) is 82.2 Å². The minimum absolute atomic E-state index is 0.0761. The number of aromatic nitrogens is 1. The van der Waals surface area contributed by atoms with E-state index in [1.165, 1.54) is 0 Å². The molecule has 2 unspecified atom stereocenters. The Labute approximate surface area is 180 Å². The number of carbonyl (C=O) groups excluding carboxylic acids is 1. The lowest BCUT2D eigenvalue weighted by Crippen LogP contribution is -2.29.